The molecule has 1 amide bonds. The molecular formula is C17H17FN6O. The summed E-state index contributed by atoms with van der Waals surface area (Å²) in [5.41, 5.74) is 2.18. The van der Waals surface area contributed by atoms with Crippen LogP contribution >= 0.6 is 0 Å². The zero-order chi connectivity index (χ0) is 17.4. The fourth-order valence-electron chi connectivity index (χ4n) is 3.04. The summed E-state index contributed by atoms with van der Waals surface area (Å²) in [5, 5.41) is 2.99. The summed E-state index contributed by atoms with van der Waals surface area (Å²) in [6.45, 7) is 0.164. The van der Waals surface area contributed by atoms with Crippen LogP contribution in [-0.2, 0) is 4.79 Å². The van der Waals surface area contributed by atoms with E-state index in [0.29, 0.717) is 17.0 Å². The lowest BCUT2D eigenvalue weighted by atomic mass is 10.1. The number of amides is 1. The van der Waals surface area contributed by atoms with Crippen LogP contribution < -0.4 is 10.2 Å². The Kier molecular flexibility index (Phi) is 3.79. The molecule has 0 spiro atoms. The van der Waals surface area contributed by atoms with Crippen molar-refractivity contribution in [2.75, 3.05) is 18.5 Å². The zero-order valence-electron chi connectivity index (χ0n) is 13.6. The maximum Gasteiger partial charge on any atom is 0.239 e. The van der Waals surface area contributed by atoms with Crippen LogP contribution in [0.2, 0.25) is 0 Å². The van der Waals surface area contributed by atoms with Crippen molar-refractivity contribution in [1.29, 1.82) is 0 Å². The molecule has 0 aliphatic heterocycles. The number of nitrogens with zero attached hydrogens (tertiary/aromatic N) is 4. The van der Waals surface area contributed by atoms with E-state index in [0.717, 1.165) is 12.0 Å². The van der Waals surface area contributed by atoms with Gasteiger partial charge in [-0.3, -0.25) is 4.79 Å². The number of imidazole rings is 1. The van der Waals surface area contributed by atoms with E-state index in [2.05, 4.69) is 25.3 Å². The summed E-state index contributed by atoms with van der Waals surface area (Å²) in [6, 6.07) is 6.59. The van der Waals surface area contributed by atoms with E-state index in [-0.39, 0.29) is 30.2 Å². The molecule has 1 aliphatic carbocycles. The van der Waals surface area contributed by atoms with E-state index in [4.69, 9.17) is 0 Å². The molecule has 128 valence electrons. The first kappa shape index (κ1) is 15.5. The zero-order valence-corrected chi connectivity index (χ0v) is 13.6. The van der Waals surface area contributed by atoms with Crippen molar-refractivity contribution in [2.45, 2.75) is 18.4 Å². The topological polar surface area (TPSA) is 86.8 Å². The summed E-state index contributed by atoms with van der Waals surface area (Å²) >= 11 is 0. The molecule has 2 atom stereocenters. The highest BCUT2D eigenvalue weighted by Crippen LogP contribution is 2.40. The van der Waals surface area contributed by atoms with Gasteiger partial charge in [0.25, 0.3) is 0 Å². The number of halogens is 1. The molecule has 4 rings (SSSR count). The second-order valence-electron chi connectivity index (χ2n) is 6.23. The fraction of sp³-hybridized carbons (Fsp3) is 0.294. The number of fused-ring (bicyclic) bond motifs is 1. The highest BCUT2D eigenvalue weighted by molar-refractivity contribution is 5.87. The van der Waals surface area contributed by atoms with E-state index in [9.17, 15) is 9.18 Å². The number of H-pyrrole nitrogens is 1. The molecule has 25 heavy (non-hydrogen) atoms. The predicted octanol–water partition coefficient (Wildman–Crippen LogP) is 1.60. The van der Waals surface area contributed by atoms with E-state index >= 15 is 0 Å². The second-order valence-corrected chi connectivity index (χ2v) is 6.23. The van der Waals surface area contributed by atoms with Crippen LogP contribution in [0.25, 0.3) is 11.2 Å². The van der Waals surface area contributed by atoms with Gasteiger partial charge in [-0.2, -0.15) is 0 Å². The van der Waals surface area contributed by atoms with Crippen molar-refractivity contribution in [3.05, 3.63) is 48.3 Å². The van der Waals surface area contributed by atoms with Crippen LogP contribution in [0.3, 0.4) is 0 Å². The summed E-state index contributed by atoms with van der Waals surface area (Å²) in [6.07, 6.45) is 3.80. The first-order chi connectivity index (χ1) is 12.1. The molecule has 1 fully saturated rings. The van der Waals surface area contributed by atoms with Gasteiger partial charge in [0.1, 0.15) is 17.7 Å². The van der Waals surface area contributed by atoms with Crippen molar-refractivity contribution >= 4 is 22.9 Å². The minimum absolute atomic E-state index is 0.0558. The third kappa shape index (κ3) is 3.15. The minimum Gasteiger partial charge on any atom is -0.351 e. The van der Waals surface area contributed by atoms with Crippen LogP contribution in [0.15, 0.2) is 36.9 Å². The summed E-state index contributed by atoms with van der Waals surface area (Å²) in [7, 11) is 1.79. The highest BCUT2D eigenvalue weighted by atomic mass is 19.1. The van der Waals surface area contributed by atoms with Gasteiger partial charge in [0, 0.05) is 19.0 Å². The van der Waals surface area contributed by atoms with Gasteiger partial charge in [0.2, 0.25) is 5.91 Å². The molecule has 0 radical (unpaired) electrons. The Balaban J connectivity index is 1.37. The van der Waals surface area contributed by atoms with E-state index in [1.165, 1.54) is 18.5 Å². The lowest BCUT2D eigenvalue weighted by Gasteiger charge is -2.17. The standard InChI is InChI=1S/C17H17FN6O/c1-24(17-15-16(20-8-19-15)21-9-22-17)7-14(25)23-13-6-12(13)10-3-2-4-11(18)5-10/h2-5,8-9,12-13H,6-7H2,1H3,(H,23,25)(H,19,20,21,22). The summed E-state index contributed by atoms with van der Waals surface area (Å²) < 4.78 is 13.3. The monoisotopic (exact) mass is 340 g/mol. The third-order valence-corrected chi connectivity index (χ3v) is 4.36. The Morgan fingerprint density at radius 1 is 1.40 bits per heavy atom. The summed E-state index contributed by atoms with van der Waals surface area (Å²) in [4.78, 5) is 29.4. The minimum atomic E-state index is -0.249. The van der Waals surface area contributed by atoms with Gasteiger partial charge < -0.3 is 15.2 Å². The van der Waals surface area contributed by atoms with E-state index in [1.807, 2.05) is 6.07 Å². The van der Waals surface area contributed by atoms with Gasteiger partial charge in [-0.05, 0) is 24.1 Å². The Labute approximate surface area is 143 Å². The molecule has 1 saturated carbocycles. The molecule has 0 saturated heterocycles. The largest absolute Gasteiger partial charge is 0.351 e. The number of nitrogens with one attached hydrogen (secondary N) is 2. The van der Waals surface area contributed by atoms with Crippen LogP contribution in [0.1, 0.15) is 17.9 Å². The lowest BCUT2D eigenvalue weighted by molar-refractivity contribution is -0.119. The number of anilines is 1. The van der Waals surface area contributed by atoms with Crippen molar-refractivity contribution in [2.24, 2.45) is 0 Å². The molecule has 1 aliphatic rings. The fourth-order valence-corrected chi connectivity index (χ4v) is 3.04. The number of rotatable bonds is 5. The highest BCUT2D eigenvalue weighted by Gasteiger charge is 2.39. The number of hydrogen-bond acceptors (Lipinski definition) is 5. The van der Waals surface area contributed by atoms with Crippen molar-refractivity contribution in [3.63, 3.8) is 0 Å². The van der Waals surface area contributed by atoms with Gasteiger partial charge in [-0.15, -0.1) is 0 Å². The van der Waals surface area contributed by atoms with Crippen molar-refractivity contribution in [3.8, 4) is 0 Å². The third-order valence-electron chi connectivity index (χ3n) is 4.36. The smallest absolute Gasteiger partial charge is 0.239 e. The van der Waals surface area contributed by atoms with Gasteiger partial charge >= 0.3 is 0 Å². The molecular weight excluding hydrogens is 323 g/mol. The van der Waals surface area contributed by atoms with E-state index in [1.54, 1.807) is 24.3 Å². The Morgan fingerprint density at radius 2 is 2.28 bits per heavy atom. The number of likely N-dealkylation sites (N-methyl/N-ethyl adjacent to an activating group) is 1. The van der Waals surface area contributed by atoms with Crippen molar-refractivity contribution in [1.82, 2.24) is 25.3 Å². The SMILES string of the molecule is CN(CC(=O)NC1CC1c1cccc(F)c1)c1ncnc2nc[nH]c12. The number of aromatic nitrogens is 4. The second kappa shape index (κ2) is 6.12. The number of benzene rings is 1. The van der Waals surface area contributed by atoms with Crippen LogP contribution in [0.5, 0.6) is 0 Å². The van der Waals surface area contributed by atoms with Gasteiger partial charge in [-0.25, -0.2) is 19.3 Å². The molecule has 8 heteroatoms. The molecule has 3 aromatic rings. The van der Waals surface area contributed by atoms with Gasteiger partial charge in [0.05, 0.1) is 12.9 Å². The summed E-state index contributed by atoms with van der Waals surface area (Å²) in [5.74, 6) is 0.456. The van der Waals surface area contributed by atoms with Crippen LogP contribution in [0.4, 0.5) is 10.2 Å². The van der Waals surface area contributed by atoms with E-state index < -0.39 is 0 Å². The Bertz CT molecular complexity index is 926. The molecule has 7 nitrogen and oxygen atoms in total. The number of carbonyl (C=O) groups excluding carboxylic acids is 1. The first-order valence-corrected chi connectivity index (χ1v) is 8.02. The predicted molar refractivity (Wildman–Crippen MR) is 90.6 cm³/mol. The van der Waals surface area contributed by atoms with Gasteiger partial charge in [0.15, 0.2) is 11.5 Å². The first-order valence-electron chi connectivity index (χ1n) is 8.02. The molecule has 0 bridgehead atoms. The van der Waals surface area contributed by atoms with Gasteiger partial charge in [-0.1, -0.05) is 12.1 Å². The number of carbonyl (C=O) groups is 1. The van der Waals surface area contributed by atoms with Crippen LogP contribution in [-0.4, -0.2) is 45.5 Å². The average Bonchev–Trinajstić information content (AvgIpc) is 3.17. The molecule has 2 N–H and O–H groups in total. The quantitative estimate of drug-likeness (QED) is 0.737. The van der Waals surface area contributed by atoms with Crippen LogP contribution in [0, 0.1) is 5.82 Å². The average molecular weight is 340 g/mol. The van der Waals surface area contributed by atoms with Crippen molar-refractivity contribution < 1.29 is 9.18 Å². The maximum absolute atomic E-state index is 13.3. The Hall–Kier alpha value is -3.03. The molecule has 2 aromatic heterocycles. The molecule has 2 unspecified atom stereocenters. The molecule has 2 heterocycles. The number of hydrogen-bond donors (Lipinski definition) is 2. The number of aromatic amines is 1. The normalized spacial score (nSPS) is 19.0. The Morgan fingerprint density at radius 3 is 3.12 bits per heavy atom. The maximum atomic E-state index is 13.3. The lowest BCUT2D eigenvalue weighted by Crippen LogP contribution is -2.37. The molecule has 1 aromatic carbocycles.